The number of hydrogen-bond donors (Lipinski definition) is 3. The average molecular weight is 338 g/mol. The summed E-state index contributed by atoms with van der Waals surface area (Å²) in [6, 6.07) is 6.52. The van der Waals surface area contributed by atoms with Gasteiger partial charge < -0.3 is 11.1 Å². The first kappa shape index (κ1) is 17.4. The first-order chi connectivity index (χ1) is 10.7. The molecule has 1 aliphatic rings. The van der Waals surface area contributed by atoms with Crippen molar-refractivity contribution in [2.45, 2.75) is 31.2 Å². The Hall–Kier alpha value is -1.93. The molecule has 0 aromatic heterocycles. The number of amidine groups is 1. The van der Waals surface area contributed by atoms with Gasteiger partial charge in [-0.15, -0.1) is 0 Å². The standard InChI is InChI=1S/C15H22N4O3S/c1-10(2)15(3,9-16)18-13(20)8-17-14-11-6-4-5-7-12(11)23(21,22)19-14/h4-7,10H,8-9,16H2,1-3H3,(H,17,19)(H,18,20). The van der Waals surface area contributed by atoms with Gasteiger partial charge in [-0.3, -0.25) is 14.5 Å². The zero-order chi connectivity index (χ0) is 17.3. The smallest absolute Gasteiger partial charge is 0.263 e. The number of sulfonamides is 1. The fraction of sp³-hybridized carbons (Fsp3) is 0.467. The molecule has 126 valence electrons. The zero-order valence-electron chi connectivity index (χ0n) is 13.5. The summed E-state index contributed by atoms with van der Waals surface area (Å²) in [5.74, 6) is 0.0484. The molecule has 23 heavy (non-hydrogen) atoms. The molecular weight excluding hydrogens is 316 g/mol. The monoisotopic (exact) mass is 338 g/mol. The van der Waals surface area contributed by atoms with Gasteiger partial charge in [0.15, 0.2) is 0 Å². The molecule has 1 amide bonds. The van der Waals surface area contributed by atoms with Crippen LogP contribution in [-0.2, 0) is 14.8 Å². The maximum atomic E-state index is 12.1. The van der Waals surface area contributed by atoms with Gasteiger partial charge in [0.05, 0.1) is 10.4 Å². The maximum absolute atomic E-state index is 12.1. The van der Waals surface area contributed by atoms with Crippen molar-refractivity contribution in [3.8, 4) is 0 Å². The van der Waals surface area contributed by atoms with E-state index < -0.39 is 15.6 Å². The van der Waals surface area contributed by atoms with Crippen LogP contribution in [0.1, 0.15) is 26.3 Å². The van der Waals surface area contributed by atoms with Crippen molar-refractivity contribution in [1.29, 1.82) is 0 Å². The summed E-state index contributed by atoms with van der Waals surface area (Å²) in [6.45, 7) is 5.95. The number of nitrogens with one attached hydrogen (secondary N) is 2. The van der Waals surface area contributed by atoms with Crippen LogP contribution in [-0.4, -0.2) is 38.8 Å². The molecule has 1 aromatic carbocycles. The van der Waals surface area contributed by atoms with Gasteiger partial charge >= 0.3 is 0 Å². The van der Waals surface area contributed by atoms with Crippen molar-refractivity contribution >= 4 is 21.8 Å². The van der Waals surface area contributed by atoms with Gasteiger partial charge in [-0.25, -0.2) is 8.42 Å². The summed E-state index contributed by atoms with van der Waals surface area (Å²) in [7, 11) is -3.59. The quantitative estimate of drug-likeness (QED) is 0.712. The van der Waals surface area contributed by atoms with E-state index in [2.05, 4.69) is 15.0 Å². The Morgan fingerprint density at radius 3 is 2.65 bits per heavy atom. The predicted molar refractivity (Wildman–Crippen MR) is 88.6 cm³/mol. The van der Waals surface area contributed by atoms with Crippen molar-refractivity contribution in [3.05, 3.63) is 29.8 Å². The van der Waals surface area contributed by atoms with Crippen LogP contribution in [0.25, 0.3) is 0 Å². The van der Waals surface area contributed by atoms with Crippen molar-refractivity contribution < 1.29 is 13.2 Å². The third kappa shape index (κ3) is 3.53. The minimum atomic E-state index is -3.59. The molecule has 1 heterocycles. The number of rotatable bonds is 5. The number of aliphatic imine (C=N–C) groups is 1. The van der Waals surface area contributed by atoms with E-state index in [9.17, 15) is 13.2 Å². The summed E-state index contributed by atoms with van der Waals surface area (Å²) in [4.78, 5) is 16.4. The van der Waals surface area contributed by atoms with E-state index in [1.54, 1.807) is 18.2 Å². The molecule has 1 aromatic rings. The Kier molecular flexibility index (Phi) is 4.76. The minimum Gasteiger partial charge on any atom is -0.348 e. The molecule has 8 heteroatoms. The van der Waals surface area contributed by atoms with Crippen molar-refractivity contribution in [2.24, 2.45) is 16.6 Å². The lowest BCUT2D eigenvalue weighted by atomic mass is 9.88. The van der Waals surface area contributed by atoms with Crippen LogP contribution in [0.2, 0.25) is 0 Å². The van der Waals surface area contributed by atoms with Gasteiger partial charge in [-0.05, 0) is 25.0 Å². The molecule has 1 unspecified atom stereocenters. The van der Waals surface area contributed by atoms with Gasteiger partial charge in [0.1, 0.15) is 12.4 Å². The summed E-state index contributed by atoms with van der Waals surface area (Å²) in [5.41, 5.74) is 5.69. The molecule has 0 bridgehead atoms. The molecule has 2 rings (SSSR count). The van der Waals surface area contributed by atoms with Gasteiger partial charge in [0.25, 0.3) is 10.0 Å². The number of carbonyl (C=O) groups is 1. The highest BCUT2D eigenvalue weighted by molar-refractivity contribution is 7.90. The molecule has 0 saturated carbocycles. The number of carbonyl (C=O) groups excluding carboxylic acids is 1. The number of nitrogens with zero attached hydrogens (tertiary/aromatic N) is 1. The summed E-state index contributed by atoms with van der Waals surface area (Å²) >= 11 is 0. The number of nitrogens with two attached hydrogens (primary N) is 1. The molecule has 1 atom stereocenters. The Balaban J connectivity index is 2.15. The average Bonchev–Trinajstić information content (AvgIpc) is 2.76. The fourth-order valence-electron chi connectivity index (χ4n) is 2.19. The SMILES string of the molecule is CC(C)C(C)(CN)NC(=O)CN=C1NS(=O)(=O)c2ccccc21. The van der Waals surface area contributed by atoms with Crippen LogP contribution in [0.3, 0.4) is 0 Å². The van der Waals surface area contributed by atoms with E-state index >= 15 is 0 Å². The first-order valence-corrected chi connectivity index (χ1v) is 8.85. The van der Waals surface area contributed by atoms with E-state index in [0.29, 0.717) is 12.1 Å². The number of amides is 1. The van der Waals surface area contributed by atoms with E-state index in [4.69, 9.17) is 5.73 Å². The largest absolute Gasteiger partial charge is 0.348 e. The minimum absolute atomic E-state index is 0.162. The number of hydrogen-bond acceptors (Lipinski definition) is 5. The highest BCUT2D eigenvalue weighted by Crippen LogP contribution is 2.22. The lowest BCUT2D eigenvalue weighted by Crippen LogP contribution is -2.55. The van der Waals surface area contributed by atoms with E-state index in [1.165, 1.54) is 6.07 Å². The van der Waals surface area contributed by atoms with Gasteiger partial charge in [0.2, 0.25) is 5.91 Å². The second kappa shape index (κ2) is 6.29. The summed E-state index contributed by atoms with van der Waals surface area (Å²) < 4.78 is 26.3. The molecule has 0 radical (unpaired) electrons. The van der Waals surface area contributed by atoms with E-state index in [0.717, 1.165) is 0 Å². The second-order valence-corrected chi connectivity index (χ2v) is 7.74. The topological polar surface area (TPSA) is 114 Å². The first-order valence-electron chi connectivity index (χ1n) is 7.37. The van der Waals surface area contributed by atoms with Crippen LogP contribution in [0, 0.1) is 5.92 Å². The third-order valence-corrected chi connectivity index (χ3v) is 5.56. The maximum Gasteiger partial charge on any atom is 0.263 e. The van der Waals surface area contributed by atoms with Crippen molar-refractivity contribution in [1.82, 2.24) is 10.0 Å². The fourth-order valence-corrected chi connectivity index (χ4v) is 3.44. The Labute approximate surface area is 136 Å². The molecule has 4 N–H and O–H groups in total. The number of benzene rings is 1. The molecule has 0 fully saturated rings. The van der Waals surface area contributed by atoms with Crippen LogP contribution in [0.4, 0.5) is 0 Å². The normalized spacial score (nSPS) is 20.0. The van der Waals surface area contributed by atoms with Gasteiger partial charge in [-0.1, -0.05) is 26.0 Å². The van der Waals surface area contributed by atoms with Gasteiger partial charge in [0, 0.05) is 12.1 Å². The molecule has 0 saturated heterocycles. The Morgan fingerprint density at radius 1 is 1.39 bits per heavy atom. The van der Waals surface area contributed by atoms with Crippen LogP contribution in [0.5, 0.6) is 0 Å². The Bertz CT molecular complexity index is 743. The van der Waals surface area contributed by atoms with Crippen LogP contribution in [0.15, 0.2) is 34.2 Å². The van der Waals surface area contributed by atoms with Crippen LogP contribution >= 0.6 is 0 Å². The van der Waals surface area contributed by atoms with E-state index in [-0.39, 0.29) is 29.1 Å². The second-order valence-electron chi connectivity index (χ2n) is 6.09. The Morgan fingerprint density at radius 2 is 2.04 bits per heavy atom. The highest BCUT2D eigenvalue weighted by atomic mass is 32.2. The molecule has 1 aliphatic heterocycles. The van der Waals surface area contributed by atoms with Crippen molar-refractivity contribution in [3.63, 3.8) is 0 Å². The molecule has 7 nitrogen and oxygen atoms in total. The van der Waals surface area contributed by atoms with E-state index in [1.807, 2.05) is 20.8 Å². The lowest BCUT2D eigenvalue weighted by Gasteiger charge is -2.33. The molecule has 0 aliphatic carbocycles. The van der Waals surface area contributed by atoms with Crippen LogP contribution < -0.4 is 15.8 Å². The molecule has 0 spiro atoms. The number of fused-ring (bicyclic) bond motifs is 1. The zero-order valence-corrected chi connectivity index (χ0v) is 14.3. The highest BCUT2D eigenvalue weighted by Gasteiger charge is 2.31. The lowest BCUT2D eigenvalue weighted by molar-refractivity contribution is -0.121. The summed E-state index contributed by atoms with van der Waals surface area (Å²) in [5, 5.41) is 2.86. The summed E-state index contributed by atoms with van der Waals surface area (Å²) in [6.07, 6.45) is 0. The van der Waals surface area contributed by atoms with Gasteiger partial charge in [-0.2, -0.15) is 0 Å². The molecular formula is C15H22N4O3S. The third-order valence-electron chi connectivity index (χ3n) is 4.17. The predicted octanol–water partition coefficient (Wildman–Crippen LogP) is 0.215. The van der Waals surface area contributed by atoms with Crippen molar-refractivity contribution in [2.75, 3.05) is 13.1 Å².